The number of rotatable bonds is 2. The normalized spacial score (nSPS) is 8.69. The molecule has 0 bridgehead atoms. The summed E-state index contributed by atoms with van der Waals surface area (Å²) in [6, 6.07) is 6.67. The SMILES string of the molecule is CNc1ccc(C(=O)N=[N+]=[N-])cc1. The molecule has 5 nitrogen and oxygen atoms in total. The van der Waals surface area contributed by atoms with Crippen molar-refractivity contribution in [3.63, 3.8) is 0 Å². The third-order valence-corrected chi connectivity index (χ3v) is 1.56. The van der Waals surface area contributed by atoms with Crippen LogP contribution in [0.5, 0.6) is 0 Å². The highest BCUT2D eigenvalue weighted by Crippen LogP contribution is 2.09. The molecule has 13 heavy (non-hydrogen) atoms. The maximum Gasteiger partial charge on any atom is 0.249 e. The summed E-state index contributed by atoms with van der Waals surface area (Å²) >= 11 is 0. The number of hydrogen-bond donors (Lipinski definition) is 1. The number of hydrogen-bond acceptors (Lipinski definition) is 2. The van der Waals surface area contributed by atoms with Gasteiger partial charge in [0.05, 0.1) is 0 Å². The van der Waals surface area contributed by atoms with Crippen molar-refractivity contribution in [2.45, 2.75) is 0 Å². The summed E-state index contributed by atoms with van der Waals surface area (Å²) in [7, 11) is 1.78. The highest BCUT2D eigenvalue weighted by Gasteiger charge is 2.00. The number of amides is 1. The highest BCUT2D eigenvalue weighted by molar-refractivity contribution is 5.95. The Balaban J connectivity index is 2.92. The second-order valence-corrected chi connectivity index (χ2v) is 2.32. The first kappa shape index (κ1) is 9.09. The zero-order valence-corrected chi connectivity index (χ0v) is 7.06. The van der Waals surface area contributed by atoms with Gasteiger partial charge in [0, 0.05) is 23.2 Å². The summed E-state index contributed by atoms with van der Waals surface area (Å²) in [6.07, 6.45) is 0. The second kappa shape index (κ2) is 4.13. The third kappa shape index (κ3) is 2.21. The first-order valence-electron chi connectivity index (χ1n) is 3.65. The molecule has 66 valence electrons. The van der Waals surface area contributed by atoms with Crippen molar-refractivity contribution in [1.82, 2.24) is 0 Å². The van der Waals surface area contributed by atoms with E-state index in [1.165, 1.54) is 0 Å². The van der Waals surface area contributed by atoms with E-state index in [9.17, 15) is 4.79 Å². The second-order valence-electron chi connectivity index (χ2n) is 2.32. The molecule has 0 aliphatic heterocycles. The molecule has 0 aromatic heterocycles. The molecule has 0 aliphatic rings. The molecule has 0 atom stereocenters. The number of benzene rings is 1. The number of nitrogens with one attached hydrogen (secondary N) is 1. The summed E-state index contributed by atoms with van der Waals surface area (Å²) < 4.78 is 0. The van der Waals surface area contributed by atoms with Gasteiger partial charge in [0.2, 0.25) is 5.91 Å². The highest BCUT2D eigenvalue weighted by atomic mass is 16.1. The van der Waals surface area contributed by atoms with Crippen LogP contribution in [0.3, 0.4) is 0 Å². The fourth-order valence-corrected chi connectivity index (χ4v) is 0.878. The Labute approximate surface area is 75.0 Å². The molecule has 5 heteroatoms. The Bertz CT molecular complexity index is 351. The van der Waals surface area contributed by atoms with Gasteiger partial charge >= 0.3 is 0 Å². The monoisotopic (exact) mass is 176 g/mol. The Morgan fingerprint density at radius 2 is 2.08 bits per heavy atom. The Morgan fingerprint density at radius 1 is 1.46 bits per heavy atom. The fourth-order valence-electron chi connectivity index (χ4n) is 0.878. The molecule has 0 radical (unpaired) electrons. The van der Waals surface area contributed by atoms with Crippen LogP contribution in [0.15, 0.2) is 29.4 Å². The smallest absolute Gasteiger partial charge is 0.249 e. The van der Waals surface area contributed by atoms with Gasteiger partial charge in [-0.05, 0) is 34.9 Å². The number of azide groups is 1. The molecule has 1 rings (SSSR count). The molecule has 1 amide bonds. The van der Waals surface area contributed by atoms with Crippen LogP contribution in [-0.2, 0) is 0 Å². The third-order valence-electron chi connectivity index (χ3n) is 1.56. The van der Waals surface area contributed by atoms with Gasteiger partial charge in [0.15, 0.2) is 0 Å². The average molecular weight is 176 g/mol. The molecule has 0 spiro atoms. The van der Waals surface area contributed by atoms with Crippen molar-refractivity contribution in [2.24, 2.45) is 5.11 Å². The van der Waals surface area contributed by atoms with E-state index >= 15 is 0 Å². The van der Waals surface area contributed by atoms with Crippen LogP contribution < -0.4 is 5.32 Å². The molecule has 0 saturated carbocycles. The first-order valence-corrected chi connectivity index (χ1v) is 3.65. The molecule has 0 heterocycles. The minimum atomic E-state index is -0.565. The van der Waals surface area contributed by atoms with E-state index in [1.54, 1.807) is 31.3 Å². The van der Waals surface area contributed by atoms with Gasteiger partial charge in [0.25, 0.3) is 0 Å². The van der Waals surface area contributed by atoms with Crippen LogP contribution in [0.4, 0.5) is 5.69 Å². The molecule has 1 aromatic carbocycles. The minimum Gasteiger partial charge on any atom is -0.388 e. The summed E-state index contributed by atoms with van der Waals surface area (Å²) in [6.45, 7) is 0. The van der Waals surface area contributed by atoms with E-state index in [1.807, 2.05) is 0 Å². The molecule has 0 fully saturated rings. The van der Waals surface area contributed by atoms with Crippen molar-refractivity contribution in [3.05, 3.63) is 40.3 Å². The van der Waals surface area contributed by atoms with E-state index < -0.39 is 5.91 Å². The van der Waals surface area contributed by atoms with Crippen LogP contribution in [-0.4, -0.2) is 13.0 Å². The lowest BCUT2D eigenvalue weighted by atomic mass is 10.2. The quantitative estimate of drug-likeness (QED) is 0.425. The van der Waals surface area contributed by atoms with Crippen LogP contribution in [0, 0.1) is 0 Å². The van der Waals surface area contributed by atoms with Gasteiger partial charge in [-0.1, -0.05) is 0 Å². The molecule has 0 saturated heterocycles. The Morgan fingerprint density at radius 3 is 2.54 bits per heavy atom. The Hall–Kier alpha value is -2.00. The predicted octanol–water partition coefficient (Wildman–Crippen LogP) is 2.18. The summed E-state index contributed by atoms with van der Waals surface area (Å²) in [5.74, 6) is -0.565. The largest absolute Gasteiger partial charge is 0.388 e. The number of carbonyl (C=O) groups excluding carboxylic acids is 1. The van der Waals surface area contributed by atoms with Crippen molar-refractivity contribution < 1.29 is 4.79 Å². The van der Waals surface area contributed by atoms with Crippen LogP contribution in [0.25, 0.3) is 10.4 Å². The van der Waals surface area contributed by atoms with Gasteiger partial charge < -0.3 is 5.32 Å². The average Bonchev–Trinajstić information content (AvgIpc) is 2.18. The summed E-state index contributed by atoms with van der Waals surface area (Å²) in [5, 5.41) is 5.88. The van der Waals surface area contributed by atoms with E-state index in [0.29, 0.717) is 5.56 Å². The Kier molecular flexibility index (Phi) is 2.89. The zero-order chi connectivity index (χ0) is 9.68. The van der Waals surface area contributed by atoms with Gasteiger partial charge in [-0.3, -0.25) is 4.79 Å². The van der Waals surface area contributed by atoms with E-state index in [2.05, 4.69) is 15.3 Å². The van der Waals surface area contributed by atoms with Gasteiger partial charge in [0.1, 0.15) is 0 Å². The molecule has 0 aliphatic carbocycles. The van der Waals surface area contributed by atoms with Crippen molar-refractivity contribution in [3.8, 4) is 0 Å². The predicted molar refractivity (Wildman–Crippen MR) is 49.5 cm³/mol. The van der Waals surface area contributed by atoms with Crippen molar-refractivity contribution >= 4 is 11.6 Å². The molecule has 1 aromatic rings. The van der Waals surface area contributed by atoms with E-state index in [-0.39, 0.29) is 0 Å². The molecular formula is C8H8N4O. The lowest BCUT2D eigenvalue weighted by Gasteiger charge is -1.99. The number of carbonyl (C=O) groups is 1. The topological polar surface area (TPSA) is 77.9 Å². The van der Waals surface area contributed by atoms with Gasteiger partial charge in [-0.15, -0.1) is 0 Å². The lowest BCUT2D eigenvalue weighted by molar-refractivity contribution is 0.100. The standard InChI is InChI=1S/C8H8N4O/c1-10-7-4-2-6(3-5-7)8(13)11-12-9/h2-5,10H,1H3. The van der Waals surface area contributed by atoms with Crippen LogP contribution in [0.1, 0.15) is 10.4 Å². The molecular weight excluding hydrogens is 168 g/mol. The minimum absolute atomic E-state index is 0.386. The van der Waals surface area contributed by atoms with Crippen molar-refractivity contribution in [1.29, 1.82) is 0 Å². The van der Waals surface area contributed by atoms with Crippen molar-refractivity contribution in [2.75, 3.05) is 12.4 Å². The molecule has 0 unspecified atom stereocenters. The maximum absolute atomic E-state index is 11.0. The van der Waals surface area contributed by atoms with Gasteiger partial charge in [-0.2, -0.15) is 0 Å². The maximum atomic E-state index is 11.0. The summed E-state index contributed by atoms with van der Waals surface area (Å²) in [4.78, 5) is 13.4. The first-order chi connectivity index (χ1) is 6.27. The van der Waals surface area contributed by atoms with Crippen LogP contribution >= 0.6 is 0 Å². The van der Waals surface area contributed by atoms with E-state index in [0.717, 1.165) is 5.69 Å². The van der Waals surface area contributed by atoms with Crippen LogP contribution in [0.2, 0.25) is 0 Å². The summed E-state index contributed by atoms with van der Waals surface area (Å²) in [5.41, 5.74) is 9.31. The lowest BCUT2D eigenvalue weighted by Crippen LogP contribution is -1.94. The van der Waals surface area contributed by atoms with Gasteiger partial charge in [-0.25, -0.2) is 0 Å². The number of nitrogens with zero attached hydrogens (tertiary/aromatic N) is 3. The fraction of sp³-hybridized carbons (Fsp3) is 0.125. The van der Waals surface area contributed by atoms with E-state index in [4.69, 9.17) is 5.53 Å². The number of anilines is 1. The molecule has 1 N–H and O–H groups in total. The zero-order valence-electron chi connectivity index (χ0n) is 7.06.